The van der Waals surface area contributed by atoms with Crippen molar-refractivity contribution in [3.8, 4) is 17.1 Å². The Bertz CT molecular complexity index is 515. The van der Waals surface area contributed by atoms with Crippen molar-refractivity contribution in [3.05, 3.63) is 30.2 Å². The van der Waals surface area contributed by atoms with E-state index in [1.165, 1.54) is 6.42 Å². The third kappa shape index (κ3) is 2.09. The zero-order valence-corrected chi connectivity index (χ0v) is 10.3. The number of ether oxygens (including phenoxy) is 1. The van der Waals surface area contributed by atoms with Crippen molar-refractivity contribution >= 4 is 0 Å². The van der Waals surface area contributed by atoms with E-state index < -0.39 is 0 Å². The fourth-order valence-electron chi connectivity index (χ4n) is 2.24. The quantitative estimate of drug-likeness (QED) is 0.882. The van der Waals surface area contributed by atoms with Crippen molar-refractivity contribution in [3.63, 3.8) is 0 Å². The molecule has 1 aromatic carbocycles. The Morgan fingerprint density at radius 3 is 2.83 bits per heavy atom. The van der Waals surface area contributed by atoms with Gasteiger partial charge in [0.1, 0.15) is 5.75 Å². The number of nitrogens with two attached hydrogens (primary N) is 1. The number of quaternary nitrogens is 1. The van der Waals surface area contributed by atoms with E-state index in [4.69, 9.17) is 9.26 Å². The van der Waals surface area contributed by atoms with Crippen molar-refractivity contribution in [2.75, 3.05) is 13.7 Å². The molecular formula is C13H16N3O2+. The first-order valence-electron chi connectivity index (χ1n) is 6.18. The molecule has 1 saturated heterocycles. The molecule has 2 N–H and O–H groups in total. The van der Waals surface area contributed by atoms with Crippen LogP contribution in [0.15, 0.2) is 28.8 Å². The van der Waals surface area contributed by atoms with E-state index in [-0.39, 0.29) is 0 Å². The topological polar surface area (TPSA) is 64.8 Å². The summed E-state index contributed by atoms with van der Waals surface area (Å²) >= 11 is 0. The monoisotopic (exact) mass is 246 g/mol. The smallest absolute Gasteiger partial charge is 0.285 e. The Morgan fingerprint density at radius 1 is 1.33 bits per heavy atom. The van der Waals surface area contributed by atoms with Crippen LogP contribution in [0.5, 0.6) is 5.75 Å². The van der Waals surface area contributed by atoms with Crippen LogP contribution in [-0.4, -0.2) is 23.8 Å². The first-order valence-corrected chi connectivity index (χ1v) is 6.18. The highest BCUT2D eigenvalue weighted by Crippen LogP contribution is 2.22. The largest absolute Gasteiger partial charge is 0.497 e. The van der Waals surface area contributed by atoms with Crippen molar-refractivity contribution in [1.29, 1.82) is 0 Å². The molecule has 0 saturated carbocycles. The van der Waals surface area contributed by atoms with E-state index in [1.54, 1.807) is 7.11 Å². The zero-order chi connectivity index (χ0) is 12.4. The molecule has 94 valence electrons. The van der Waals surface area contributed by atoms with Gasteiger partial charge in [0, 0.05) is 18.4 Å². The molecule has 0 radical (unpaired) electrons. The average Bonchev–Trinajstić information content (AvgIpc) is 3.09. The predicted molar refractivity (Wildman–Crippen MR) is 65.1 cm³/mol. The lowest BCUT2D eigenvalue weighted by Gasteiger charge is -1.99. The van der Waals surface area contributed by atoms with Gasteiger partial charge < -0.3 is 14.6 Å². The molecule has 3 rings (SSSR count). The molecule has 1 aliphatic rings. The minimum absolute atomic E-state index is 0.337. The number of hydrogen-bond donors (Lipinski definition) is 1. The van der Waals surface area contributed by atoms with Crippen LogP contribution in [-0.2, 0) is 0 Å². The molecule has 0 aliphatic carbocycles. The van der Waals surface area contributed by atoms with Crippen molar-refractivity contribution < 1.29 is 14.6 Å². The number of methoxy groups -OCH3 is 1. The normalized spacial score (nSPS) is 19.1. The SMILES string of the molecule is COc1ccc(-c2noc([C@@H]3CCC[NH2+]3)n2)cc1. The molecule has 2 aromatic rings. The van der Waals surface area contributed by atoms with Crippen LogP contribution >= 0.6 is 0 Å². The highest BCUT2D eigenvalue weighted by molar-refractivity contribution is 5.55. The summed E-state index contributed by atoms with van der Waals surface area (Å²) in [6.45, 7) is 1.14. The summed E-state index contributed by atoms with van der Waals surface area (Å²) in [4.78, 5) is 4.47. The number of benzene rings is 1. The molecule has 18 heavy (non-hydrogen) atoms. The van der Waals surface area contributed by atoms with Crippen LogP contribution in [0.1, 0.15) is 24.8 Å². The molecule has 1 atom stereocenters. The van der Waals surface area contributed by atoms with Gasteiger partial charge in [0.25, 0.3) is 5.89 Å². The van der Waals surface area contributed by atoms with E-state index in [9.17, 15) is 0 Å². The Morgan fingerprint density at radius 2 is 2.17 bits per heavy atom. The van der Waals surface area contributed by atoms with Crippen molar-refractivity contribution in [2.45, 2.75) is 18.9 Å². The summed E-state index contributed by atoms with van der Waals surface area (Å²) in [5.41, 5.74) is 0.948. The summed E-state index contributed by atoms with van der Waals surface area (Å²) in [6, 6.07) is 8.00. The maximum atomic E-state index is 5.34. The zero-order valence-electron chi connectivity index (χ0n) is 10.3. The fraction of sp³-hybridized carbons (Fsp3) is 0.385. The van der Waals surface area contributed by atoms with E-state index in [1.807, 2.05) is 24.3 Å². The van der Waals surface area contributed by atoms with Gasteiger partial charge in [0.05, 0.1) is 13.7 Å². The van der Waals surface area contributed by atoms with Crippen LogP contribution < -0.4 is 10.1 Å². The maximum Gasteiger partial charge on any atom is 0.285 e. The number of hydrogen-bond acceptors (Lipinski definition) is 4. The third-order valence-electron chi connectivity index (χ3n) is 3.28. The Hall–Kier alpha value is -1.88. The van der Waals surface area contributed by atoms with Crippen LogP contribution in [0.3, 0.4) is 0 Å². The molecule has 2 heterocycles. The van der Waals surface area contributed by atoms with Gasteiger partial charge in [-0.15, -0.1) is 0 Å². The highest BCUT2D eigenvalue weighted by Gasteiger charge is 2.26. The molecule has 0 bridgehead atoms. The third-order valence-corrected chi connectivity index (χ3v) is 3.28. The molecule has 1 fully saturated rings. The van der Waals surface area contributed by atoms with Crippen LogP contribution in [0.2, 0.25) is 0 Å². The first kappa shape index (κ1) is 11.2. The van der Waals surface area contributed by atoms with Gasteiger partial charge in [-0.3, -0.25) is 0 Å². The number of nitrogens with zero attached hydrogens (tertiary/aromatic N) is 2. The molecular weight excluding hydrogens is 230 g/mol. The second kappa shape index (κ2) is 4.78. The summed E-state index contributed by atoms with van der Waals surface area (Å²) in [6.07, 6.45) is 2.33. The summed E-state index contributed by atoms with van der Waals surface area (Å²) in [5, 5.41) is 6.29. The molecule has 0 amide bonds. The predicted octanol–water partition coefficient (Wildman–Crippen LogP) is 1.14. The standard InChI is InChI=1S/C13H15N3O2/c1-17-10-6-4-9(5-7-10)12-15-13(18-16-12)11-3-2-8-14-11/h4-7,11,14H,2-3,8H2,1H3/p+1/t11-/m0/s1. The fourth-order valence-corrected chi connectivity index (χ4v) is 2.24. The summed E-state index contributed by atoms with van der Waals surface area (Å²) in [7, 11) is 1.65. The highest BCUT2D eigenvalue weighted by atomic mass is 16.5. The lowest BCUT2D eigenvalue weighted by molar-refractivity contribution is -0.678. The molecule has 1 aromatic heterocycles. The maximum absolute atomic E-state index is 5.34. The Balaban J connectivity index is 1.82. The molecule has 5 heteroatoms. The molecule has 1 aliphatic heterocycles. The van der Waals surface area contributed by atoms with Gasteiger partial charge in [-0.1, -0.05) is 5.16 Å². The summed E-state index contributed by atoms with van der Waals surface area (Å²) < 4.78 is 10.5. The van der Waals surface area contributed by atoms with Gasteiger partial charge in [-0.05, 0) is 24.3 Å². The molecule has 5 nitrogen and oxygen atoms in total. The van der Waals surface area contributed by atoms with Crippen molar-refractivity contribution in [1.82, 2.24) is 10.1 Å². The van der Waals surface area contributed by atoms with Crippen molar-refractivity contribution in [2.24, 2.45) is 0 Å². The Labute approximate surface area is 105 Å². The van der Waals surface area contributed by atoms with Gasteiger partial charge >= 0.3 is 0 Å². The van der Waals surface area contributed by atoms with Gasteiger partial charge in [-0.2, -0.15) is 4.98 Å². The Kier molecular flexibility index (Phi) is 2.98. The first-order chi connectivity index (χ1) is 8.86. The van der Waals surface area contributed by atoms with Crippen LogP contribution in [0, 0.1) is 0 Å². The second-order valence-electron chi connectivity index (χ2n) is 4.46. The lowest BCUT2D eigenvalue weighted by Crippen LogP contribution is -2.81. The van der Waals surface area contributed by atoms with E-state index in [2.05, 4.69) is 15.5 Å². The molecule has 0 spiro atoms. The van der Waals surface area contributed by atoms with E-state index >= 15 is 0 Å². The van der Waals surface area contributed by atoms with Gasteiger partial charge in [0.15, 0.2) is 6.04 Å². The minimum Gasteiger partial charge on any atom is -0.497 e. The molecule has 0 unspecified atom stereocenters. The minimum atomic E-state index is 0.337. The van der Waals surface area contributed by atoms with E-state index in [0.717, 1.165) is 30.2 Å². The average molecular weight is 246 g/mol. The number of aromatic nitrogens is 2. The number of rotatable bonds is 3. The van der Waals surface area contributed by atoms with Crippen LogP contribution in [0.25, 0.3) is 11.4 Å². The van der Waals surface area contributed by atoms with E-state index in [0.29, 0.717) is 11.9 Å². The summed E-state index contributed by atoms with van der Waals surface area (Å²) in [5.74, 6) is 2.21. The van der Waals surface area contributed by atoms with Gasteiger partial charge in [0.2, 0.25) is 5.82 Å². The van der Waals surface area contributed by atoms with Gasteiger partial charge in [-0.25, -0.2) is 0 Å². The lowest BCUT2D eigenvalue weighted by atomic mass is 10.2. The second-order valence-corrected chi connectivity index (χ2v) is 4.46. The van der Waals surface area contributed by atoms with Crippen LogP contribution in [0.4, 0.5) is 0 Å².